The highest BCUT2D eigenvalue weighted by Gasteiger charge is 2.63. The van der Waals surface area contributed by atoms with Gasteiger partial charge in [0.05, 0.1) is 18.6 Å². The van der Waals surface area contributed by atoms with E-state index in [0.29, 0.717) is 12.3 Å². The zero-order valence-corrected chi connectivity index (χ0v) is 17.4. The summed E-state index contributed by atoms with van der Waals surface area (Å²) < 4.78 is 5.11. The summed E-state index contributed by atoms with van der Waals surface area (Å²) >= 11 is 6.85. The number of aliphatic hydroxyl groups is 1. The summed E-state index contributed by atoms with van der Waals surface area (Å²) in [6.07, 6.45) is 7.57. The van der Waals surface area contributed by atoms with Crippen LogP contribution in [0.4, 0.5) is 0 Å². The Morgan fingerprint density at radius 1 is 1.24 bits per heavy atom. The van der Waals surface area contributed by atoms with Crippen molar-refractivity contribution >= 4 is 17.6 Å². The number of hydrogen-bond acceptors (Lipinski definition) is 3. The molecule has 1 N–H and O–H groups in total. The molecule has 6 unspecified atom stereocenters. The molecule has 0 saturated heterocycles. The predicted molar refractivity (Wildman–Crippen MR) is 103 cm³/mol. The Hall–Kier alpha value is -0.540. The molecule has 0 aromatic carbocycles. The van der Waals surface area contributed by atoms with E-state index in [2.05, 4.69) is 33.8 Å². The van der Waals surface area contributed by atoms with Gasteiger partial charge in [0.15, 0.2) is 0 Å². The molecule has 2 saturated carbocycles. The van der Waals surface area contributed by atoms with Crippen LogP contribution in [-0.2, 0) is 9.53 Å². The molecule has 25 heavy (non-hydrogen) atoms. The van der Waals surface area contributed by atoms with E-state index >= 15 is 0 Å². The highest BCUT2D eigenvalue weighted by atomic mass is 35.5. The minimum atomic E-state index is -1.02. The number of alkyl halides is 1. The summed E-state index contributed by atoms with van der Waals surface area (Å²) in [5, 5.41) is 11.1. The number of fused-ring (bicyclic) bond motifs is 1. The monoisotopic (exact) mass is 370 g/mol. The Morgan fingerprint density at radius 3 is 2.44 bits per heavy atom. The fourth-order valence-corrected chi connectivity index (χ4v) is 6.22. The number of esters is 1. The van der Waals surface area contributed by atoms with Crippen molar-refractivity contribution in [2.75, 3.05) is 7.11 Å². The number of methoxy groups -OCH3 is 1. The molecule has 3 nitrogen and oxygen atoms in total. The molecule has 0 aromatic rings. The molecule has 2 fully saturated rings. The molecule has 0 spiro atoms. The molecule has 2 rings (SSSR count). The first-order valence-electron chi connectivity index (χ1n) is 9.56. The number of carbonyl (C=O) groups is 1. The molecule has 0 radical (unpaired) electrons. The van der Waals surface area contributed by atoms with Crippen LogP contribution >= 0.6 is 11.6 Å². The average Bonchev–Trinajstić information content (AvgIpc) is 2.50. The normalized spacial score (nSPS) is 43.9. The summed E-state index contributed by atoms with van der Waals surface area (Å²) in [7, 11) is 1.42. The van der Waals surface area contributed by atoms with Crippen LogP contribution < -0.4 is 0 Å². The topological polar surface area (TPSA) is 46.5 Å². The van der Waals surface area contributed by atoms with Gasteiger partial charge in [0, 0.05) is 5.38 Å². The van der Waals surface area contributed by atoms with Crippen LogP contribution in [-0.4, -0.2) is 29.2 Å². The average molecular weight is 371 g/mol. The molecular formula is C21H35ClO3. The van der Waals surface area contributed by atoms with Crippen molar-refractivity contribution in [2.45, 2.75) is 84.1 Å². The second-order valence-electron chi connectivity index (χ2n) is 9.24. The summed E-state index contributed by atoms with van der Waals surface area (Å²) in [5.74, 6) is -0.460. The Labute approximate surface area is 158 Å². The van der Waals surface area contributed by atoms with E-state index in [1.807, 2.05) is 0 Å². The third kappa shape index (κ3) is 3.64. The van der Waals surface area contributed by atoms with Gasteiger partial charge in [-0.2, -0.15) is 0 Å². The first-order chi connectivity index (χ1) is 11.5. The van der Waals surface area contributed by atoms with Crippen molar-refractivity contribution in [3.63, 3.8) is 0 Å². The first-order valence-corrected chi connectivity index (χ1v) is 10.0. The molecule has 2 aliphatic rings. The molecule has 144 valence electrons. The van der Waals surface area contributed by atoms with Crippen LogP contribution in [0.5, 0.6) is 0 Å². The fourth-order valence-electron chi connectivity index (χ4n) is 5.85. The second-order valence-corrected chi connectivity index (χ2v) is 9.77. The van der Waals surface area contributed by atoms with Crippen molar-refractivity contribution in [1.29, 1.82) is 0 Å². The molecular weight excluding hydrogens is 336 g/mol. The van der Waals surface area contributed by atoms with E-state index in [1.54, 1.807) is 6.92 Å². The largest absolute Gasteiger partial charge is 0.469 e. The van der Waals surface area contributed by atoms with Gasteiger partial charge in [0.2, 0.25) is 0 Å². The molecule has 0 amide bonds. The number of carbonyl (C=O) groups excluding carboxylic acids is 1. The molecule has 0 bridgehead atoms. The molecule has 4 heteroatoms. The first kappa shape index (κ1) is 20.8. The van der Waals surface area contributed by atoms with Gasteiger partial charge in [-0.3, -0.25) is 4.79 Å². The number of ether oxygens (including phenoxy) is 1. The predicted octanol–water partition coefficient (Wildman–Crippen LogP) is 5.10. The lowest BCUT2D eigenvalue weighted by Gasteiger charge is -2.62. The van der Waals surface area contributed by atoms with E-state index in [1.165, 1.54) is 12.7 Å². The van der Waals surface area contributed by atoms with Crippen LogP contribution in [0, 0.1) is 22.7 Å². The molecule has 6 atom stereocenters. The van der Waals surface area contributed by atoms with Gasteiger partial charge in [0.25, 0.3) is 0 Å². The molecule has 0 aromatic heterocycles. The van der Waals surface area contributed by atoms with Gasteiger partial charge < -0.3 is 9.84 Å². The van der Waals surface area contributed by atoms with Crippen LogP contribution in [0.1, 0.15) is 73.1 Å². The number of halogens is 1. The second kappa shape index (κ2) is 7.23. The maximum Gasteiger partial charge on any atom is 0.312 e. The Balaban J connectivity index is 2.40. The minimum absolute atomic E-state index is 0.0384. The fraction of sp³-hybridized carbons (Fsp3) is 0.857. The summed E-state index contributed by atoms with van der Waals surface area (Å²) in [5.41, 5.74) is -0.00559. The van der Waals surface area contributed by atoms with Gasteiger partial charge in [0.1, 0.15) is 0 Å². The quantitative estimate of drug-likeness (QED) is 0.425. The maximum atomic E-state index is 12.6. The third-order valence-electron chi connectivity index (χ3n) is 7.14. The molecule has 2 aliphatic carbocycles. The van der Waals surface area contributed by atoms with Crippen molar-refractivity contribution in [1.82, 2.24) is 0 Å². The smallest absolute Gasteiger partial charge is 0.312 e. The number of allylic oxidation sites excluding steroid dienone is 2. The SMILES string of the molecule is COC(=O)C1C(C)(O)CCC2C(C)(CCC=C(C)C)C(Cl)CCC12C. The summed E-state index contributed by atoms with van der Waals surface area (Å²) in [6.45, 7) is 10.5. The van der Waals surface area contributed by atoms with Gasteiger partial charge in [-0.15, -0.1) is 11.6 Å². The Kier molecular flexibility index (Phi) is 6.01. The number of rotatable bonds is 4. The third-order valence-corrected chi connectivity index (χ3v) is 7.85. The zero-order chi connectivity index (χ0) is 19.0. The van der Waals surface area contributed by atoms with Gasteiger partial charge in [-0.05, 0) is 76.0 Å². The Morgan fingerprint density at radius 2 is 1.88 bits per heavy atom. The Bertz CT molecular complexity index is 537. The van der Waals surface area contributed by atoms with E-state index in [9.17, 15) is 9.90 Å². The van der Waals surface area contributed by atoms with Crippen molar-refractivity contribution in [3.8, 4) is 0 Å². The number of hydrogen-bond donors (Lipinski definition) is 1. The van der Waals surface area contributed by atoms with Crippen molar-refractivity contribution in [3.05, 3.63) is 11.6 Å². The zero-order valence-electron chi connectivity index (χ0n) is 16.7. The molecule has 0 aliphatic heterocycles. The van der Waals surface area contributed by atoms with E-state index in [0.717, 1.165) is 32.1 Å². The van der Waals surface area contributed by atoms with E-state index in [4.69, 9.17) is 16.3 Å². The van der Waals surface area contributed by atoms with Crippen LogP contribution in [0.15, 0.2) is 11.6 Å². The maximum absolute atomic E-state index is 12.6. The summed E-state index contributed by atoms with van der Waals surface area (Å²) in [6, 6.07) is 0. The van der Waals surface area contributed by atoms with Crippen LogP contribution in [0.25, 0.3) is 0 Å². The van der Waals surface area contributed by atoms with E-state index < -0.39 is 11.5 Å². The van der Waals surface area contributed by atoms with E-state index in [-0.39, 0.29) is 22.2 Å². The van der Waals surface area contributed by atoms with Crippen molar-refractivity contribution < 1.29 is 14.6 Å². The molecule has 0 heterocycles. The van der Waals surface area contributed by atoms with Crippen molar-refractivity contribution in [2.24, 2.45) is 22.7 Å². The lowest BCUT2D eigenvalue weighted by Crippen LogP contribution is -2.62. The summed E-state index contributed by atoms with van der Waals surface area (Å²) in [4.78, 5) is 12.6. The lowest BCUT2D eigenvalue weighted by atomic mass is 9.44. The minimum Gasteiger partial charge on any atom is -0.469 e. The van der Waals surface area contributed by atoms with Gasteiger partial charge >= 0.3 is 5.97 Å². The highest BCUT2D eigenvalue weighted by Crippen LogP contribution is 2.64. The lowest BCUT2D eigenvalue weighted by molar-refractivity contribution is -0.196. The van der Waals surface area contributed by atoms with Gasteiger partial charge in [-0.25, -0.2) is 0 Å². The van der Waals surface area contributed by atoms with Crippen LogP contribution in [0.2, 0.25) is 0 Å². The highest BCUT2D eigenvalue weighted by molar-refractivity contribution is 6.21. The standard InChI is InChI=1S/C21H35ClO3/c1-14(2)8-7-11-19(3)15-9-13-21(5,24)17(18(23)25-6)20(15,4)12-10-16(19)22/h8,15-17,24H,7,9-13H2,1-6H3. The van der Waals surface area contributed by atoms with Crippen LogP contribution in [0.3, 0.4) is 0 Å². The van der Waals surface area contributed by atoms with Gasteiger partial charge in [-0.1, -0.05) is 25.5 Å².